The second-order valence-corrected chi connectivity index (χ2v) is 21.5. The zero-order chi connectivity index (χ0) is 46.4. The van der Waals surface area contributed by atoms with E-state index in [1.165, 1.54) is 122 Å². The van der Waals surface area contributed by atoms with Crippen molar-refractivity contribution in [2.75, 3.05) is 9.80 Å². The molecule has 0 N–H and O–H groups in total. The molecule has 68 heavy (non-hydrogen) atoms. The van der Waals surface area contributed by atoms with Gasteiger partial charge in [0.2, 0.25) is 0 Å². The van der Waals surface area contributed by atoms with Gasteiger partial charge in [-0.25, -0.2) is 0 Å². The molecule has 12 aromatic rings. The molecule has 1 unspecified atom stereocenters. The highest BCUT2D eigenvalue weighted by atomic mass is 15.2. The maximum atomic E-state index is 2.65. The Bertz CT molecular complexity index is 3980. The van der Waals surface area contributed by atoms with E-state index in [-0.39, 0.29) is 16.9 Å². The van der Waals surface area contributed by atoms with Gasteiger partial charge in [0.15, 0.2) is 0 Å². The average Bonchev–Trinajstić information content (AvgIpc) is 4.06. The summed E-state index contributed by atoms with van der Waals surface area (Å²) in [5, 5.41) is 9.21. The number of aryl methyl sites for hydroxylation is 2. The van der Waals surface area contributed by atoms with Gasteiger partial charge in [-0.1, -0.05) is 145 Å². The summed E-state index contributed by atoms with van der Waals surface area (Å²) in [7, 11) is 0. The number of hydrogen-bond donors (Lipinski definition) is 0. The third-order valence-corrected chi connectivity index (χ3v) is 15.2. The number of anilines is 5. The highest BCUT2D eigenvalue weighted by molar-refractivity contribution is 6.37. The van der Waals surface area contributed by atoms with Crippen LogP contribution in [-0.4, -0.2) is 14.8 Å². The lowest BCUT2D eigenvalue weighted by atomic mass is 9.86. The summed E-state index contributed by atoms with van der Waals surface area (Å²) in [5.74, 6) is 0. The SMILES string of the molecule is Cc1ccccc1N(c1ccccc1)c1ccc2c3c4c5cc(C(C)(C)C)ccc5n5c6c(c(cc3n3c7ccc(C(C)(C)C)cc7c1c23)c45)C=CC(N(c1ccccc1)c1ccccc1C)C6. The second-order valence-electron chi connectivity index (χ2n) is 21.5. The molecule has 0 fully saturated rings. The Hall–Kier alpha value is -7.56. The van der Waals surface area contributed by atoms with Gasteiger partial charge in [0.05, 0.1) is 39.3 Å². The van der Waals surface area contributed by atoms with Crippen LogP contribution in [0.3, 0.4) is 0 Å². The molecule has 0 spiro atoms. The fourth-order valence-electron chi connectivity index (χ4n) is 11.9. The van der Waals surface area contributed by atoms with Gasteiger partial charge in [0.1, 0.15) is 0 Å². The monoisotopic (exact) mass is 880 g/mol. The number of hydrogen-bond acceptors (Lipinski definition) is 2. The first kappa shape index (κ1) is 40.7. The van der Waals surface area contributed by atoms with E-state index in [1.54, 1.807) is 0 Å². The number of benzene rings is 8. The first-order valence-corrected chi connectivity index (χ1v) is 24.4. The van der Waals surface area contributed by atoms with Crippen LogP contribution in [0.15, 0.2) is 170 Å². The van der Waals surface area contributed by atoms with Crippen molar-refractivity contribution in [3.8, 4) is 0 Å². The summed E-state index contributed by atoms with van der Waals surface area (Å²) in [4.78, 5) is 5.05. The molecule has 0 amide bonds. The molecule has 0 saturated carbocycles. The maximum Gasteiger partial charge on any atom is 0.0641 e. The Kier molecular flexibility index (Phi) is 8.66. The van der Waals surface area contributed by atoms with Crippen LogP contribution in [0.1, 0.15) is 75.1 Å². The third kappa shape index (κ3) is 5.79. The third-order valence-electron chi connectivity index (χ3n) is 15.2. The summed E-state index contributed by atoms with van der Waals surface area (Å²) >= 11 is 0. The Labute approximate surface area is 398 Å². The lowest BCUT2D eigenvalue weighted by molar-refractivity contribution is 0.591. The maximum absolute atomic E-state index is 2.65. The molecule has 4 heteroatoms. The molecular weight excluding hydrogens is 825 g/mol. The molecule has 0 saturated heterocycles. The van der Waals surface area contributed by atoms with E-state index in [4.69, 9.17) is 0 Å². The van der Waals surface area contributed by atoms with E-state index < -0.39 is 0 Å². The molecule has 0 radical (unpaired) electrons. The van der Waals surface area contributed by atoms with Gasteiger partial charge < -0.3 is 18.6 Å². The standard InChI is InChI=1S/C64H56N4/c1-39-19-15-17-25-51(39)65(43-21-11-9-12-22-43)45-29-30-46-48-38-57-58(60-50-36-42(64(6,7)8)28-33-54(50)67(62(48)60)56(46)37-45)47-31-34-55(66(44-23-13-10-14-24-44)52-26-18-16-20-40(52)2)59-49-35-41(63(3,4)5)27-32-53(49)68(57)61(47)59/h9-36,38,45H,37H2,1-8H3. The normalized spacial score (nSPS) is 14.5. The molecular formula is C64H56N4. The number of aromatic nitrogens is 2. The lowest BCUT2D eigenvalue weighted by Gasteiger charge is -2.35. The summed E-state index contributed by atoms with van der Waals surface area (Å²) in [6.07, 6.45) is 5.78. The van der Waals surface area contributed by atoms with Crippen LogP contribution >= 0.6 is 0 Å². The van der Waals surface area contributed by atoms with Crippen molar-refractivity contribution in [2.45, 2.75) is 78.7 Å². The van der Waals surface area contributed by atoms with Crippen molar-refractivity contribution >= 4 is 99.8 Å². The fraction of sp³-hybridized carbons (Fsp3) is 0.188. The van der Waals surface area contributed by atoms with E-state index in [9.17, 15) is 0 Å². The van der Waals surface area contributed by atoms with Crippen LogP contribution in [0.4, 0.5) is 28.4 Å². The average molecular weight is 881 g/mol. The Morgan fingerprint density at radius 1 is 0.456 bits per heavy atom. The predicted octanol–water partition coefficient (Wildman–Crippen LogP) is 17.3. The minimum Gasteiger partial charge on any atom is -0.334 e. The first-order valence-electron chi connectivity index (χ1n) is 24.4. The van der Waals surface area contributed by atoms with Crippen molar-refractivity contribution in [1.82, 2.24) is 8.80 Å². The van der Waals surface area contributed by atoms with Crippen LogP contribution in [0.25, 0.3) is 71.4 Å². The summed E-state index contributed by atoms with van der Waals surface area (Å²) in [6.45, 7) is 18.5. The minimum atomic E-state index is -0.0223. The van der Waals surface area contributed by atoms with Crippen molar-refractivity contribution in [1.29, 1.82) is 0 Å². The summed E-state index contributed by atoms with van der Waals surface area (Å²) in [6, 6.07) is 61.6. The summed E-state index contributed by atoms with van der Waals surface area (Å²) in [5.41, 5.74) is 20.2. The van der Waals surface area contributed by atoms with Gasteiger partial charge in [-0.2, -0.15) is 0 Å². The van der Waals surface area contributed by atoms with Crippen molar-refractivity contribution in [3.05, 3.63) is 203 Å². The van der Waals surface area contributed by atoms with E-state index in [0.29, 0.717) is 0 Å². The highest BCUT2D eigenvalue weighted by Crippen LogP contribution is 2.53. The molecule has 8 aromatic carbocycles. The molecule has 4 aromatic heterocycles. The fourth-order valence-corrected chi connectivity index (χ4v) is 11.9. The van der Waals surface area contributed by atoms with Crippen LogP contribution in [0.2, 0.25) is 0 Å². The van der Waals surface area contributed by atoms with E-state index >= 15 is 0 Å². The minimum absolute atomic E-state index is 0.0159. The number of para-hydroxylation sites is 4. The van der Waals surface area contributed by atoms with E-state index in [0.717, 1.165) is 12.1 Å². The molecule has 1 aliphatic carbocycles. The Morgan fingerprint density at radius 3 is 1.65 bits per heavy atom. The van der Waals surface area contributed by atoms with Crippen molar-refractivity contribution in [3.63, 3.8) is 0 Å². The predicted molar refractivity (Wildman–Crippen MR) is 291 cm³/mol. The van der Waals surface area contributed by atoms with Crippen LogP contribution in [0, 0.1) is 13.8 Å². The highest BCUT2D eigenvalue weighted by Gasteiger charge is 2.33. The number of rotatable bonds is 6. The lowest BCUT2D eigenvalue weighted by Crippen LogP contribution is -2.33. The van der Waals surface area contributed by atoms with E-state index in [2.05, 4.69) is 250 Å². The van der Waals surface area contributed by atoms with Crippen LogP contribution in [0.5, 0.6) is 0 Å². The van der Waals surface area contributed by atoms with Gasteiger partial charge in [0, 0.05) is 78.1 Å². The summed E-state index contributed by atoms with van der Waals surface area (Å²) < 4.78 is 5.28. The smallest absolute Gasteiger partial charge is 0.0641 e. The van der Waals surface area contributed by atoms with Gasteiger partial charge in [0.25, 0.3) is 0 Å². The zero-order valence-corrected chi connectivity index (χ0v) is 40.3. The Morgan fingerprint density at radius 2 is 1.01 bits per heavy atom. The zero-order valence-electron chi connectivity index (χ0n) is 40.3. The molecule has 4 heterocycles. The van der Waals surface area contributed by atoms with Gasteiger partial charge >= 0.3 is 0 Å². The quantitative estimate of drug-likeness (QED) is 0.165. The van der Waals surface area contributed by atoms with Crippen molar-refractivity contribution in [2.24, 2.45) is 0 Å². The molecule has 1 atom stereocenters. The van der Waals surface area contributed by atoms with Gasteiger partial charge in [-0.15, -0.1) is 0 Å². The van der Waals surface area contributed by atoms with E-state index in [1.807, 2.05) is 0 Å². The molecule has 0 aliphatic heterocycles. The molecule has 1 aliphatic rings. The van der Waals surface area contributed by atoms with Crippen LogP contribution < -0.4 is 9.80 Å². The number of nitrogens with zero attached hydrogens (tertiary/aromatic N) is 4. The first-order chi connectivity index (χ1) is 32.9. The van der Waals surface area contributed by atoms with Crippen LogP contribution in [-0.2, 0) is 17.3 Å². The van der Waals surface area contributed by atoms with Gasteiger partial charge in [-0.05, 0) is 120 Å². The molecule has 0 bridgehead atoms. The van der Waals surface area contributed by atoms with Gasteiger partial charge in [-0.3, -0.25) is 0 Å². The topological polar surface area (TPSA) is 15.3 Å². The van der Waals surface area contributed by atoms with Crippen molar-refractivity contribution < 1.29 is 0 Å². The molecule has 4 nitrogen and oxygen atoms in total. The number of fused-ring (bicyclic) bond motifs is 13. The largest absolute Gasteiger partial charge is 0.334 e. The molecule has 13 rings (SSSR count). The molecule has 332 valence electrons. The Balaban J connectivity index is 1.16. The second kappa shape index (κ2) is 14.5.